The molecule has 0 saturated carbocycles. The fraction of sp³-hybridized carbons (Fsp3) is 0.556. The van der Waals surface area contributed by atoms with Crippen LogP contribution in [0.4, 0.5) is 0 Å². The first-order valence-corrected chi connectivity index (χ1v) is 7.75. The molecule has 20 heavy (non-hydrogen) atoms. The van der Waals surface area contributed by atoms with Gasteiger partial charge in [0.15, 0.2) is 0 Å². The molecule has 1 aromatic carbocycles. The van der Waals surface area contributed by atoms with E-state index in [1.165, 1.54) is 18.4 Å². The largest absolute Gasteiger partial charge is 0.502 e. The SMILES string of the molecule is CCCCCOC=CCCC(C)OCc1ccccc1. The zero-order valence-electron chi connectivity index (χ0n) is 12.9. The van der Waals surface area contributed by atoms with E-state index in [4.69, 9.17) is 9.47 Å². The lowest BCUT2D eigenvalue weighted by molar-refractivity contribution is 0.0482. The second-order valence-corrected chi connectivity index (χ2v) is 5.13. The minimum Gasteiger partial charge on any atom is -0.502 e. The predicted molar refractivity (Wildman–Crippen MR) is 84.5 cm³/mol. The van der Waals surface area contributed by atoms with Gasteiger partial charge in [-0.2, -0.15) is 0 Å². The summed E-state index contributed by atoms with van der Waals surface area (Å²) in [4.78, 5) is 0. The Morgan fingerprint density at radius 3 is 2.70 bits per heavy atom. The number of ether oxygens (including phenoxy) is 2. The van der Waals surface area contributed by atoms with Gasteiger partial charge in [0.05, 0.1) is 25.6 Å². The van der Waals surface area contributed by atoms with Crippen LogP contribution in [0.1, 0.15) is 51.5 Å². The Morgan fingerprint density at radius 2 is 1.95 bits per heavy atom. The summed E-state index contributed by atoms with van der Waals surface area (Å²) in [5.74, 6) is 0. The molecule has 0 spiro atoms. The maximum atomic E-state index is 5.81. The molecule has 0 amide bonds. The first kappa shape index (κ1) is 16.8. The lowest BCUT2D eigenvalue weighted by Gasteiger charge is -2.11. The van der Waals surface area contributed by atoms with Crippen LogP contribution >= 0.6 is 0 Å². The molecule has 0 aliphatic rings. The minimum atomic E-state index is 0.278. The van der Waals surface area contributed by atoms with Gasteiger partial charge < -0.3 is 9.47 Å². The molecule has 1 aromatic rings. The van der Waals surface area contributed by atoms with Crippen LogP contribution < -0.4 is 0 Å². The number of hydrogen-bond donors (Lipinski definition) is 0. The van der Waals surface area contributed by atoms with Crippen molar-refractivity contribution in [1.29, 1.82) is 0 Å². The Hall–Kier alpha value is -1.28. The van der Waals surface area contributed by atoms with Gasteiger partial charge in [0.25, 0.3) is 0 Å². The van der Waals surface area contributed by atoms with Gasteiger partial charge in [-0.15, -0.1) is 0 Å². The Kier molecular flexibility index (Phi) is 9.68. The van der Waals surface area contributed by atoms with E-state index in [2.05, 4.69) is 32.1 Å². The Labute approximate surface area is 123 Å². The van der Waals surface area contributed by atoms with Gasteiger partial charge in [-0.1, -0.05) is 50.1 Å². The van der Waals surface area contributed by atoms with E-state index in [0.29, 0.717) is 6.61 Å². The summed E-state index contributed by atoms with van der Waals surface area (Å²) in [5.41, 5.74) is 1.23. The minimum absolute atomic E-state index is 0.278. The lowest BCUT2D eigenvalue weighted by atomic mass is 10.2. The Morgan fingerprint density at radius 1 is 1.15 bits per heavy atom. The number of unbranched alkanes of at least 4 members (excludes halogenated alkanes) is 2. The average molecular weight is 276 g/mol. The number of rotatable bonds is 11. The van der Waals surface area contributed by atoms with Crippen molar-refractivity contribution in [2.75, 3.05) is 6.61 Å². The molecule has 2 nitrogen and oxygen atoms in total. The van der Waals surface area contributed by atoms with Crippen molar-refractivity contribution in [3.63, 3.8) is 0 Å². The van der Waals surface area contributed by atoms with Gasteiger partial charge >= 0.3 is 0 Å². The summed E-state index contributed by atoms with van der Waals surface area (Å²) < 4.78 is 11.2. The molecule has 1 atom stereocenters. The van der Waals surface area contributed by atoms with Crippen molar-refractivity contribution in [2.45, 2.75) is 58.7 Å². The van der Waals surface area contributed by atoms with Crippen LogP contribution in [-0.2, 0) is 16.1 Å². The van der Waals surface area contributed by atoms with Crippen LogP contribution in [0.3, 0.4) is 0 Å². The fourth-order valence-electron chi connectivity index (χ4n) is 1.87. The smallest absolute Gasteiger partial charge is 0.0873 e. The highest BCUT2D eigenvalue weighted by Crippen LogP contribution is 2.07. The molecule has 0 aromatic heterocycles. The van der Waals surface area contributed by atoms with Crippen molar-refractivity contribution in [1.82, 2.24) is 0 Å². The molecular formula is C18H28O2. The number of allylic oxidation sites excluding steroid dienone is 1. The van der Waals surface area contributed by atoms with Crippen molar-refractivity contribution in [2.24, 2.45) is 0 Å². The zero-order valence-corrected chi connectivity index (χ0v) is 12.9. The summed E-state index contributed by atoms with van der Waals surface area (Å²) in [5, 5.41) is 0. The Balaban J connectivity index is 2.00. The van der Waals surface area contributed by atoms with Crippen LogP contribution in [0.2, 0.25) is 0 Å². The van der Waals surface area contributed by atoms with Gasteiger partial charge in [-0.05, 0) is 37.8 Å². The van der Waals surface area contributed by atoms with E-state index < -0.39 is 0 Å². The quantitative estimate of drug-likeness (QED) is 0.414. The van der Waals surface area contributed by atoms with Crippen LogP contribution in [0.25, 0.3) is 0 Å². The van der Waals surface area contributed by atoms with Crippen molar-refractivity contribution in [3.05, 3.63) is 48.2 Å². The van der Waals surface area contributed by atoms with Gasteiger partial charge in [-0.25, -0.2) is 0 Å². The topological polar surface area (TPSA) is 18.5 Å². The molecular weight excluding hydrogens is 248 g/mol. The van der Waals surface area contributed by atoms with Crippen molar-refractivity contribution in [3.8, 4) is 0 Å². The normalized spacial score (nSPS) is 12.7. The van der Waals surface area contributed by atoms with E-state index in [0.717, 1.165) is 25.9 Å². The first-order valence-electron chi connectivity index (χ1n) is 7.75. The van der Waals surface area contributed by atoms with E-state index in [1.807, 2.05) is 24.5 Å². The van der Waals surface area contributed by atoms with Crippen LogP contribution in [0.5, 0.6) is 0 Å². The standard InChI is InChI=1S/C18H28O2/c1-3-4-9-14-19-15-10-8-11-17(2)20-16-18-12-6-5-7-13-18/h5-7,10,12-13,15,17H,3-4,8-9,11,14,16H2,1-2H3. The zero-order chi connectivity index (χ0) is 14.5. The average Bonchev–Trinajstić information content (AvgIpc) is 2.49. The third kappa shape index (κ3) is 8.76. The monoisotopic (exact) mass is 276 g/mol. The van der Waals surface area contributed by atoms with Gasteiger partial charge in [-0.3, -0.25) is 0 Å². The van der Waals surface area contributed by atoms with Crippen LogP contribution in [0.15, 0.2) is 42.7 Å². The predicted octanol–water partition coefficient (Wildman–Crippen LogP) is 5.09. The summed E-state index contributed by atoms with van der Waals surface area (Å²) >= 11 is 0. The molecule has 0 saturated heterocycles. The summed E-state index contributed by atoms with van der Waals surface area (Å²) in [6.45, 7) is 5.86. The third-order valence-electron chi connectivity index (χ3n) is 3.18. The lowest BCUT2D eigenvalue weighted by Crippen LogP contribution is -2.07. The van der Waals surface area contributed by atoms with Gasteiger partial charge in [0.1, 0.15) is 0 Å². The highest BCUT2D eigenvalue weighted by molar-refractivity contribution is 5.13. The molecule has 112 valence electrons. The third-order valence-corrected chi connectivity index (χ3v) is 3.18. The van der Waals surface area contributed by atoms with Gasteiger partial charge in [0.2, 0.25) is 0 Å². The molecule has 1 rings (SSSR count). The highest BCUT2D eigenvalue weighted by Gasteiger charge is 2.01. The second kappa shape index (κ2) is 11.5. The van der Waals surface area contributed by atoms with E-state index in [9.17, 15) is 0 Å². The number of benzene rings is 1. The second-order valence-electron chi connectivity index (χ2n) is 5.13. The van der Waals surface area contributed by atoms with E-state index in [1.54, 1.807) is 0 Å². The molecule has 0 N–H and O–H groups in total. The molecule has 0 aliphatic heterocycles. The molecule has 1 unspecified atom stereocenters. The maximum Gasteiger partial charge on any atom is 0.0873 e. The summed E-state index contributed by atoms with van der Waals surface area (Å²) in [6.07, 6.45) is 9.87. The van der Waals surface area contributed by atoms with Crippen molar-refractivity contribution >= 4 is 0 Å². The maximum absolute atomic E-state index is 5.81. The van der Waals surface area contributed by atoms with Crippen LogP contribution in [-0.4, -0.2) is 12.7 Å². The molecule has 2 heteroatoms. The summed E-state index contributed by atoms with van der Waals surface area (Å²) in [7, 11) is 0. The van der Waals surface area contributed by atoms with Crippen molar-refractivity contribution < 1.29 is 9.47 Å². The van der Waals surface area contributed by atoms with E-state index >= 15 is 0 Å². The van der Waals surface area contributed by atoms with E-state index in [-0.39, 0.29) is 6.10 Å². The number of hydrogen-bond acceptors (Lipinski definition) is 2. The molecule has 0 fully saturated rings. The summed E-state index contributed by atoms with van der Waals surface area (Å²) in [6, 6.07) is 10.3. The highest BCUT2D eigenvalue weighted by atomic mass is 16.5. The molecule has 0 heterocycles. The fourth-order valence-corrected chi connectivity index (χ4v) is 1.87. The Bertz CT molecular complexity index is 346. The van der Waals surface area contributed by atoms with Gasteiger partial charge in [0, 0.05) is 0 Å². The first-order chi connectivity index (χ1) is 9.83. The molecule has 0 radical (unpaired) electrons. The molecule has 0 aliphatic carbocycles. The van der Waals surface area contributed by atoms with Crippen LogP contribution in [0, 0.1) is 0 Å². The molecule has 0 bridgehead atoms.